The van der Waals surface area contributed by atoms with Crippen molar-refractivity contribution in [2.75, 3.05) is 6.54 Å². The zero-order valence-electron chi connectivity index (χ0n) is 13.4. The molecule has 3 N–H and O–H groups in total. The van der Waals surface area contributed by atoms with Crippen molar-refractivity contribution >= 4 is 5.91 Å². The molecule has 1 fully saturated rings. The van der Waals surface area contributed by atoms with Gasteiger partial charge in [0, 0.05) is 12.5 Å². The second-order valence-corrected chi connectivity index (χ2v) is 6.71. The predicted molar refractivity (Wildman–Crippen MR) is 86.9 cm³/mol. The maximum absolute atomic E-state index is 13.6. The lowest BCUT2D eigenvalue weighted by Gasteiger charge is -2.36. The Labute approximate surface area is 132 Å². The number of carbonyl (C=O) groups is 1. The van der Waals surface area contributed by atoms with Gasteiger partial charge in [-0.25, -0.2) is 4.39 Å². The van der Waals surface area contributed by atoms with Crippen molar-refractivity contribution in [3.05, 3.63) is 35.6 Å². The van der Waals surface area contributed by atoms with Gasteiger partial charge in [-0.05, 0) is 49.8 Å². The van der Waals surface area contributed by atoms with E-state index >= 15 is 0 Å². The van der Waals surface area contributed by atoms with Crippen molar-refractivity contribution in [3.63, 3.8) is 0 Å². The molecule has 0 spiro atoms. The van der Waals surface area contributed by atoms with Crippen molar-refractivity contribution in [1.29, 1.82) is 0 Å². The SMILES string of the molecule is CC(Cc1ccccc1F)NC(=O)CC1(CN)CCCCC1. The number of carbonyl (C=O) groups excluding carboxylic acids is 1. The zero-order valence-corrected chi connectivity index (χ0v) is 13.4. The van der Waals surface area contributed by atoms with Gasteiger partial charge in [0.05, 0.1) is 0 Å². The molecular weight excluding hydrogens is 279 g/mol. The molecule has 0 bridgehead atoms. The topological polar surface area (TPSA) is 55.1 Å². The first-order valence-corrected chi connectivity index (χ1v) is 8.27. The molecule has 2 rings (SSSR count). The van der Waals surface area contributed by atoms with Crippen LogP contribution in [0.4, 0.5) is 4.39 Å². The highest BCUT2D eigenvalue weighted by Gasteiger charge is 2.33. The van der Waals surface area contributed by atoms with E-state index in [9.17, 15) is 9.18 Å². The molecule has 0 heterocycles. The molecule has 3 nitrogen and oxygen atoms in total. The minimum absolute atomic E-state index is 0.0277. The molecular formula is C18H27FN2O. The number of benzene rings is 1. The molecule has 0 radical (unpaired) electrons. The third-order valence-corrected chi connectivity index (χ3v) is 4.77. The largest absolute Gasteiger partial charge is 0.353 e. The summed E-state index contributed by atoms with van der Waals surface area (Å²) < 4.78 is 13.6. The van der Waals surface area contributed by atoms with Crippen LogP contribution in [-0.4, -0.2) is 18.5 Å². The Balaban J connectivity index is 1.87. The Morgan fingerprint density at radius 2 is 2.00 bits per heavy atom. The Morgan fingerprint density at radius 3 is 2.64 bits per heavy atom. The molecule has 22 heavy (non-hydrogen) atoms. The number of hydrogen-bond donors (Lipinski definition) is 2. The van der Waals surface area contributed by atoms with Crippen LogP contribution in [0.2, 0.25) is 0 Å². The molecule has 0 aromatic heterocycles. The summed E-state index contributed by atoms with van der Waals surface area (Å²) in [5.74, 6) is -0.175. The van der Waals surface area contributed by atoms with Gasteiger partial charge in [0.2, 0.25) is 5.91 Å². The van der Waals surface area contributed by atoms with Crippen molar-refractivity contribution in [1.82, 2.24) is 5.32 Å². The number of amides is 1. The Hall–Kier alpha value is -1.42. The lowest BCUT2D eigenvalue weighted by molar-refractivity contribution is -0.124. The maximum atomic E-state index is 13.6. The number of nitrogens with one attached hydrogen (secondary N) is 1. The highest BCUT2D eigenvalue weighted by atomic mass is 19.1. The molecule has 1 saturated carbocycles. The molecule has 1 aliphatic rings. The fraction of sp³-hybridized carbons (Fsp3) is 0.611. The van der Waals surface area contributed by atoms with E-state index in [0.29, 0.717) is 24.9 Å². The van der Waals surface area contributed by atoms with E-state index in [4.69, 9.17) is 5.73 Å². The fourth-order valence-electron chi connectivity index (χ4n) is 3.47. The molecule has 1 aliphatic carbocycles. The van der Waals surface area contributed by atoms with Gasteiger partial charge < -0.3 is 11.1 Å². The lowest BCUT2D eigenvalue weighted by Crippen LogP contribution is -2.41. The zero-order chi connectivity index (χ0) is 16.0. The standard InChI is InChI=1S/C18H27FN2O/c1-14(11-15-7-3-4-8-16(15)19)21-17(22)12-18(13-20)9-5-2-6-10-18/h3-4,7-8,14H,2,5-6,9-13,20H2,1H3,(H,21,22). The van der Waals surface area contributed by atoms with Gasteiger partial charge in [0.25, 0.3) is 0 Å². The second kappa shape index (κ2) is 7.73. The van der Waals surface area contributed by atoms with E-state index < -0.39 is 0 Å². The molecule has 4 heteroatoms. The molecule has 1 atom stereocenters. The van der Waals surface area contributed by atoms with E-state index in [1.54, 1.807) is 12.1 Å². The summed E-state index contributed by atoms with van der Waals surface area (Å²) in [5.41, 5.74) is 6.54. The summed E-state index contributed by atoms with van der Waals surface area (Å²) >= 11 is 0. The van der Waals surface area contributed by atoms with Gasteiger partial charge in [-0.15, -0.1) is 0 Å². The first-order valence-electron chi connectivity index (χ1n) is 8.27. The van der Waals surface area contributed by atoms with Crippen molar-refractivity contribution in [3.8, 4) is 0 Å². The van der Waals surface area contributed by atoms with Crippen molar-refractivity contribution in [2.45, 2.75) is 57.9 Å². The van der Waals surface area contributed by atoms with E-state index in [0.717, 1.165) is 25.7 Å². The van der Waals surface area contributed by atoms with Crippen LogP contribution in [0.3, 0.4) is 0 Å². The molecule has 0 aliphatic heterocycles. The summed E-state index contributed by atoms with van der Waals surface area (Å²) in [4.78, 5) is 12.3. The molecule has 1 aromatic carbocycles. The van der Waals surface area contributed by atoms with Crippen LogP contribution in [0.15, 0.2) is 24.3 Å². The van der Waals surface area contributed by atoms with Gasteiger partial charge >= 0.3 is 0 Å². The number of nitrogens with two attached hydrogens (primary N) is 1. The van der Waals surface area contributed by atoms with Gasteiger partial charge in [0.1, 0.15) is 5.82 Å². The summed E-state index contributed by atoms with van der Waals surface area (Å²) in [7, 11) is 0. The van der Waals surface area contributed by atoms with Crippen LogP contribution in [-0.2, 0) is 11.2 Å². The van der Waals surface area contributed by atoms with Crippen molar-refractivity contribution < 1.29 is 9.18 Å². The van der Waals surface area contributed by atoms with Gasteiger partial charge in [-0.1, -0.05) is 37.5 Å². The Bertz CT molecular complexity index is 498. The van der Waals surface area contributed by atoms with Gasteiger partial charge in [0.15, 0.2) is 0 Å². The van der Waals surface area contributed by atoms with Crippen molar-refractivity contribution in [2.24, 2.45) is 11.1 Å². The minimum atomic E-state index is -0.214. The lowest BCUT2D eigenvalue weighted by atomic mass is 9.71. The summed E-state index contributed by atoms with van der Waals surface area (Å²) in [6.07, 6.45) is 6.65. The van der Waals surface area contributed by atoms with E-state index in [2.05, 4.69) is 5.32 Å². The predicted octanol–water partition coefficient (Wildman–Crippen LogP) is 3.17. The molecule has 122 valence electrons. The number of rotatable bonds is 6. The monoisotopic (exact) mass is 306 g/mol. The molecule has 0 saturated heterocycles. The van der Waals surface area contributed by atoms with Crippen LogP contribution in [0.25, 0.3) is 0 Å². The minimum Gasteiger partial charge on any atom is -0.353 e. The van der Waals surface area contributed by atoms with Crippen LogP contribution in [0.5, 0.6) is 0 Å². The fourth-order valence-corrected chi connectivity index (χ4v) is 3.47. The van der Waals surface area contributed by atoms with E-state index in [1.165, 1.54) is 12.5 Å². The smallest absolute Gasteiger partial charge is 0.220 e. The molecule has 1 aromatic rings. The van der Waals surface area contributed by atoms with Gasteiger partial charge in [-0.2, -0.15) is 0 Å². The maximum Gasteiger partial charge on any atom is 0.220 e. The summed E-state index contributed by atoms with van der Waals surface area (Å²) in [6, 6.07) is 6.63. The molecule has 1 unspecified atom stereocenters. The normalized spacial score (nSPS) is 18.7. The highest BCUT2D eigenvalue weighted by Crippen LogP contribution is 2.38. The first kappa shape index (κ1) is 16.9. The quantitative estimate of drug-likeness (QED) is 0.848. The highest BCUT2D eigenvalue weighted by molar-refractivity contribution is 5.77. The van der Waals surface area contributed by atoms with E-state index in [1.807, 2.05) is 13.0 Å². The average molecular weight is 306 g/mol. The third kappa shape index (κ3) is 4.54. The third-order valence-electron chi connectivity index (χ3n) is 4.77. The molecule has 1 amide bonds. The van der Waals surface area contributed by atoms with Crippen LogP contribution < -0.4 is 11.1 Å². The Kier molecular flexibility index (Phi) is 5.95. The second-order valence-electron chi connectivity index (χ2n) is 6.71. The van der Waals surface area contributed by atoms with Crippen LogP contribution in [0.1, 0.15) is 51.0 Å². The van der Waals surface area contributed by atoms with E-state index in [-0.39, 0.29) is 23.2 Å². The van der Waals surface area contributed by atoms with Crippen LogP contribution >= 0.6 is 0 Å². The summed E-state index contributed by atoms with van der Waals surface area (Å²) in [6.45, 7) is 2.49. The first-order chi connectivity index (χ1) is 10.5. The van der Waals surface area contributed by atoms with Gasteiger partial charge in [-0.3, -0.25) is 4.79 Å². The average Bonchev–Trinajstić information content (AvgIpc) is 2.50. The number of halogens is 1. The number of hydrogen-bond acceptors (Lipinski definition) is 2. The summed E-state index contributed by atoms with van der Waals surface area (Å²) in [5, 5.41) is 3.00. The van der Waals surface area contributed by atoms with Crippen LogP contribution in [0, 0.1) is 11.2 Å². The Morgan fingerprint density at radius 1 is 1.32 bits per heavy atom.